The van der Waals surface area contributed by atoms with Crippen LogP contribution in [-0.4, -0.2) is 25.8 Å². The van der Waals surface area contributed by atoms with E-state index in [1.807, 2.05) is 43.3 Å². The molecule has 0 saturated carbocycles. The Morgan fingerprint density at radius 3 is 1.90 bits per heavy atom. The van der Waals surface area contributed by atoms with Gasteiger partial charge in [-0.2, -0.15) is 5.10 Å². The fraction of sp³-hybridized carbons (Fsp3) is 0.167. The lowest BCUT2D eigenvalue weighted by Crippen LogP contribution is -2.22. The first-order valence-corrected chi connectivity index (χ1v) is 9.30. The molecule has 0 spiro atoms. The summed E-state index contributed by atoms with van der Waals surface area (Å²) < 4.78 is 10.5. The summed E-state index contributed by atoms with van der Waals surface area (Å²) in [6.45, 7) is 1.92. The number of rotatable bonds is 7. The maximum atomic E-state index is 12.6. The Hall–Kier alpha value is -3.60. The van der Waals surface area contributed by atoms with E-state index in [4.69, 9.17) is 9.47 Å². The Kier molecular flexibility index (Phi) is 6.63. The molecule has 0 aliphatic carbocycles. The average molecular weight is 388 g/mol. The molecule has 0 unspecified atom stereocenters. The summed E-state index contributed by atoms with van der Waals surface area (Å²) in [5.41, 5.74) is 6.11. The molecule has 0 radical (unpaired) electrons. The van der Waals surface area contributed by atoms with E-state index in [-0.39, 0.29) is 11.8 Å². The van der Waals surface area contributed by atoms with Crippen LogP contribution in [0.3, 0.4) is 0 Å². The normalized spacial score (nSPS) is 11.2. The predicted molar refractivity (Wildman–Crippen MR) is 115 cm³/mol. The van der Waals surface area contributed by atoms with Crippen LogP contribution in [0.25, 0.3) is 0 Å². The minimum absolute atomic E-state index is 0.0527. The second-order valence-corrected chi connectivity index (χ2v) is 6.52. The van der Waals surface area contributed by atoms with Crippen molar-refractivity contribution in [3.05, 3.63) is 95.6 Å². The van der Waals surface area contributed by atoms with Crippen LogP contribution in [0.2, 0.25) is 0 Å². The number of nitrogens with one attached hydrogen (secondary N) is 1. The fourth-order valence-corrected chi connectivity index (χ4v) is 3.21. The molecule has 0 fully saturated rings. The van der Waals surface area contributed by atoms with Crippen LogP contribution in [0.4, 0.5) is 0 Å². The van der Waals surface area contributed by atoms with Crippen molar-refractivity contribution in [3.8, 4) is 11.5 Å². The lowest BCUT2D eigenvalue weighted by molar-refractivity contribution is 0.0954. The maximum Gasteiger partial charge on any atom is 0.271 e. The topological polar surface area (TPSA) is 59.9 Å². The number of benzene rings is 3. The van der Waals surface area contributed by atoms with Crippen LogP contribution in [0, 0.1) is 0 Å². The van der Waals surface area contributed by atoms with Crippen LogP contribution >= 0.6 is 0 Å². The molecule has 3 aromatic rings. The molecular weight excluding hydrogens is 364 g/mol. The fourth-order valence-electron chi connectivity index (χ4n) is 3.21. The molecule has 3 aromatic carbocycles. The summed E-state index contributed by atoms with van der Waals surface area (Å²) in [4.78, 5) is 12.6. The molecule has 0 aromatic heterocycles. The Morgan fingerprint density at radius 1 is 0.828 bits per heavy atom. The van der Waals surface area contributed by atoms with Crippen LogP contribution in [-0.2, 0) is 0 Å². The maximum absolute atomic E-state index is 12.6. The van der Waals surface area contributed by atoms with Gasteiger partial charge in [0, 0.05) is 17.2 Å². The molecule has 5 nitrogen and oxygen atoms in total. The molecule has 0 saturated heterocycles. The van der Waals surface area contributed by atoms with Gasteiger partial charge in [-0.05, 0) is 36.2 Å². The van der Waals surface area contributed by atoms with Gasteiger partial charge in [0.2, 0.25) is 0 Å². The van der Waals surface area contributed by atoms with Crippen molar-refractivity contribution in [2.45, 2.75) is 12.8 Å². The number of ether oxygens (including phenoxy) is 2. The van der Waals surface area contributed by atoms with Crippen molar-refractivity contribution < 1.29 is 14.3 Å². The zero-order chi connectivity index (χ0) is 20.6. The van der Waals surface area contributed by atoms with Gasteiger partial charge in [0.05, 0.1) is 14.2 Å². The number of carbonyl (C=O) groups excluding carboxylic acids is 1. The number of hydrogen-bond acceptors (Lipinski definition) is 4. The Bertz CT molecular complexity index is 946. The first kappa shape index (κ1) is 20.1. The van der Waals surface area contributed by atoms with Crippen LogP contribution < -0.4 is 14.9 Å². The highest BCUT2D eigenvalue weighted by Gasteiger charge is 2.18. The summed E-state index contributed by atoms with van der Waals surface area (Å²) in [7, 11) is 3.09. The van der Waals surface area contributed by atoms with Gasteiger partial charge < -0.3 is 9.47 Å². The van der Waals surface area contributed by atoms with Crippen molar-refractivity contribution in [3.63, 3.8) is 0 Å². The number of hydrogen-bond donors (Lipinski definition) is 1. The van der Waals surface area contributed by atoms with Crippen molar-refractivity contribution >= 4 is 11.6 Å². The molecule has 0 aliphatic heterocycles. The van der Waals surface area contributed by atoms with Gasteiger partial charge in [-0.25, -0.2) is 5.43 Å². The van der Waals surface area contributed by atoms with Gasteiger partial charge in [0.15, 0.2) is 11.5 Å². The van der Waals surface area contributed by atoms with Gasteiger partial charge in [-0.1, -0.05) is 60.7 Å². The molecule has 1 amide bonds. The van der Waals surface area contributed by atoms with Gasteiger partial charge in [0.1, 0.15) is 0 Å². The number of carbonyl (C=O) groups is 1. The summed E-state index contributed by atoms with van der Waals surface area (Å²) in [5, 5.41) is 4.40. The summed E-state index contributed by atoms with van der Waals surface area (Å²) >= 11 is 0. The summed E-state index contributed by atoms with van der Waals surface area (Å²) in [6.07, 6.45) is 0. The number of methoxy groups -OCH3 is 2. The third-order valence-electron chi connectivity index (χ3n) is 4.66. The van der Waals surface area contributed by atoms with Crippen molar-refractivity contribution in [2.75, 3.05) is 14.2 Å². The molecule has 29 heavy (non-hydrogen) atoms. The van der Waals surface area contributed by atoms with Gasteiger partial charge in [0.25, 0.3) is 5.91 Å². The minimum Gasteiger partial charge on any atom is -0.493 e. The summed E-state index contributed by atoms with van der Waals surface area (Å²) in [6, 6.07) is 25.2. The quantitative estimate of drug-likeness (QED) is 0.474. The largest absolute Gasteiger partial charge is 0.493 e. The zero-order valence-corrected chi connectivity index (χ0v) is 16.8. The van der Waals surface area contributed by atoms with E-state index >= 15 is 0 Å². The van der Waals surface area contributed by atoms with Gasteiger partial charge >= 0.3 is 0 Å². The third-order valence-corrected chi connectivity index (χ3v) is 4.66. The smallest absolute Gasteiger partial charge is 0.271 e. The van der Waals surface area contributed by atoms with E-state index in [1.54, 1.807) is 25.3 Å². The van der Waals surface area contributed by atoms with Crippen LogP contribution in [0.1, 0.15) is 34.3 Å². The second-order valence-electron chi connectivity index (χ2n) is 6.52. The third kappa shape index (κ3) is 4.82. The molecule has 0 bridgehead atoms. The van der Waals surface area contributed by atoms with E-state index in [9.17, 15) is 4.79 Å². The number of nitrogens with zero attached hydrogens (tertiary/aromatic N) is 1. The molecule has 3 rings (SSSR count). The Labute approximate surface area is 171 Å². The Balaban J connectivity index is 1.85. The van der Waals surface area contributed by atoms with E-state index in [0.29, 0.717) is 17.1 Å². The molecule has 148 valence electrons. The lowest BCUT2D eigenvalue weighted by Gasteiger charge is -2.18. The Morgan fingerprint density at radius 2 is 1.38 bits per heavy atom. The van der Waals surface area contributed by atoms with E-state index in [1.165, 1.54) is 7.11 Å². The molecule has 1 N–H and O–H groups in total. The predicted octanol–water partition coefficient (Wildman–Crippen LogP) is 4.64. The molecule has 0 atom stereocenters. The zero-order valence-electron chi connectivity index (χ0n) is 16.8. The highest BCUT2D eigenvalue weighted by Crippen LogP contribution is 2.28. The van der Waals surface area contributed by atoms with Crippen molar-refractivity contribution in [1.82, 2.24) is 5.43 Å². The van der Waals surface area contributed by atoms with Crippen LogP contribution in [0.5, 0.6) is 11.5 Å². The van der Waals surface area contributed by atoms with Crippen molar-refractivity contribution in [1.29, 1.82) is 0 Å². The highest BCUT2D eigenvalue weighted by molar-refractivity contribution is 5.97. The first-order chi connectivity index (χ1) is 14.1. The minimum atomic E-state index is -0.315. The number of hydrazone groups is 1. The molecule has 0 heterocycles. The van der Waals surface area contributed by atoms with Crippen molar-refractivity contribution in [2.24, 2.45) is 5.10 Å². The molecule has 0 aliphatic rings. The van der Waals surface area contributed by atoms with E-state index in [2.05, 4.69) is 34.8 Å². The van der Waals surface area contributed by atoms with Gasteiger partial charge in [-0.15, -0.1) is 0 Å². The van der Waals surface area contributed by atoms with E-state index < -0.39 is 0 Å². The average Bonchev–Trinajstić information content (AvgIpc) is 2.78. The monoisotopic (exact) mass is 388 g/mol. The summed E-state index contributed by atoms with van der Waals surface area (Å²) in [5.74, 6) is 0.692. The standard InChI is InChI=1S/C24H24N2O3/c1-17(23(18-10-6-4-7-11-18)19-12-8-5-9-13-19)25-26-24(27)20-14-15-21(28-2)22(16-20)29-3/h4-16,23H,1-3H3,(H,26,27)/b25-17+. The lowest BCUT2D eigenvalue weighted by atomic mass is 9.88. The first-order valence-electron chi connectivity index (χ1n) is 9.30. The van der Waals surface area contributed by atoms with Gasteiger partial charge in [-0.3, -0.25) is 4.79 Å². The van der Waals surface area contributed by atoms with E-state index in [0.717, 1.165) is 16.8 Å². The van der Waals surface area contributed by atoms with Crippen LogP contribution in [0.15, 0.2) is 84.0 Å². The number of amides is 1. The molecule has 5 heteroatoms. The second kappa shape index (κ2) is 9.55. The highest BCUT2D eigenvalue weighted by atomic mass is 16.5. The molecular formula is C24H24N2O3. The SMILES string of the molecule is COc1ccc(C(=O)N/N=C(\C)C(c2ccccc2)c2ccccc2)cc1OC.